The van der Waals surface area contributed by atoms with Gasteiger partial charge in [-0.2, -0.15) is 0 Å². The summed E-state index contributed by atoms with van der Waals surface area (Å²) in [6.07, 6.45) is 9.96. The van der Waals surface area contributed by atoms with Gasteiger partial charge in [0.1, 0.15) is 0 Å². The molecule has 0 aromatic heterocycles. The van der Waals surface area contributed by atoms with E-state index in [2.05, 4.69) is 38.8 Å². The fourth-order valence-electron chi connectivity index (χ4n) is 2.41. The Bertz CT molecular complexity index is 242. The van der Waals surface area contributed by atoms with Crippen molar-refractivity contribution in [3.05, 3.63) is 10.2 Å². The van der Waals surface area contributed by atoms with Gasteiger partial charge in [0.05, 0.1) is 0 Å². The second kappa shape index (κ2) is 7.18. The molecular weight excluding hydrogens is 315 g/mol. The van der Waals surface area contributed by atoms with Crippen LogP contribution in [0.1, 0.15) is 46.0 Å². The molecule has 0 aromatic rings. The Balaban J connectivity index is 2.36. The fourth-order valence-corrected chi connectivity index (χ4v) is 4.76. The second-order valence-corrected chi connectivity index (χ2v) is 21.0. The van der Waals surface area contributed by atoms with Crippen molar-refractivity contribution in [3.8, 4) is 0 Å². The molecule has 100 valence electrons. The van der Waals surface area contributed by atoms with E-state index >= 15 is 0 Å². The molecule has 1 nitrogen and oxygen atoms in total. The first-order valence-corrected chi connectivity index (χ1v) is 17.5. The van der Waals surface area contributed by atoms with Crippen LogP contribution >= 0.6 is 0 Å². The predicted octanol–water partition coefficient (Wildman–Crippen LogP) is 4.79. The molecule has 0 saturated carbocycles. The number of unbranched alkanes of at least 4 members (excludes halogenated alkanes) is 2. The Morgan fingerprint density at radius 2 is 1.94 bits per heavy atom. The Kier molecular flexibility index (Phi) is 6.57. The van der Waals surface area contributed by atoms with Crippen molar-refractivity contribution in [2.45, 2.75) is 73.0 Å². The minimum atomic E-state index is -1.73. The number of hydrogen-bond donors (Lipinski definition) is 0. The van der Waals surface area contributed by atoms with Crippen LogP contribution in [0.25, 0.3) is 0 Å². The third-order valence-electron chi connectivity index (χ3n) is 3.52. The van der Waals surface area contributed by atoms with Gasteiger partial charge in [-0.3, -0.25) is 0 Å². The quantitative estimate of drug-likeness (QED) is 0.497. The Morgan fingerprint density at radius 3 is 2.53 bits per heavy atom. The molecule has 1 aliphatic heterocycles. The summed E-state index contributed by atoms with van der Waals surface area (Å²) in [6.45, 7) is 4.51. The molecule has 0 N–H and O–H groups in total. The number of rotatable bonds is 6. The van der Waals surface area contributed by atoms with E-state index < -0.39 is 18.4 Å². The molecule has 0 spiro atoms. The third kappa shape index (κ3) is 6.28. The van der Waals surface area contributed by atoms with E-state index in [-0.39, 0.29) is 0 Å². The van der Waals surface area contributed by atoms with Crippen molar-refractivity contribution in [1.82, 2.24) is 0 Å². The van der Waals surface area contributed by atoms with Crippen LogP contribution in [-0.4, -0.2) is 30.6 Å². The van der Waals surface area contributed by atoms with E-state index in [1.807, 2.05) is 0 Å². The Hall–Kier alpha value is 0.499. The van der Waals surface area contributed by atoms with E-state index in [0.717, 1.165) is 0 Å². The van der Waals surface area contributed by atoms with Crippen LogP contribution < -0.4 is 0 Å². The molecule has 0 aromatic carbocycles. The summed E-state index contributed by atoms with van der Waals surface area (Å²) in [5.74, 6) is 0.678. The standard InChI is InChI=1S/C12H21O.3CH3.Sn/c1-4-6-7-8-12-9-11(5-2)10(3)13-12;;;;/h2,5,10-12H,4,6-9H2,1,3H3;3*1H3;/t10-,11+,12+;;;;/m1..../s1. The van der Waals surface area contributed by atoms with Gasteiger partial charge < -0.3 is 0 Å². The zero-order valence-electron chi connectivity index (χ0n) is 12.3. The summed E-state index contributed by atoms with van der Waals surface area (Å²) < 4.78 is 8.61. The molecule has 17 heavy (non-hydrogen) atoms. The molecule has 1 saturated heterocycles. The van der Waals surface area contributed by atoms with Gasteiger partial charge in [0.15, 0.2) is 0 Å². The summed E-state index contributed by atoms with van der Waals surface area (Å²) in [7, 11) is 0. The molecule has 0 unspecified atom stereocenters. The van der Waals surface area contributed by atoms with Gasteiger partial charge in [0.2, 0.25) is 0 Å². The second-order valence-electron chi connectivity index (χ2n) is 6.58. The molecule has 3 atom stereocenters. The van der Waals surface area contributed by atoms with Gasteiger partial charge in [-0.15, -0.1) is 0 Å². The van der Waals surface area contributed by atoms with Crippen LogP contribution in [0.15, 0.2) is 10.2 Å². The first-order valence-electron chi connectivity index (χ1n) is 7.27. The molecular formula is C15H30OSn. The van der Waals surface area contributed by atoms with Gasteiger partial charge in [-0.05, 0) is 0 Å². The van der Waals surface area contributed by atoms with Gasteiger partial charge in [-0.25, -0.2) is 0 Å². The Morgan fingerprint density at radius 1 is 1.24 bits per heavy atom. The van der Waals surface area contributed by atoms with Crippen molar-refractivity contribution in [2.24, 2.45) is 5.92 Å². The normalized spacial score (nSPS) is 30.3. The van der Waals surface area contributed by atoms with Crippen molar-refractivity contribution >= 4 is 18.4 Å². The molecule has 0 aliphatic carbocycles. The van der Waals surface area contributed by atoms with Crippen LogP contribution in [0.3, 0.4) is 0 Å². The summed E-state index contributed by atoms with van der Waals surface area (Å²) in [5, 5.41) is 0. The predicted molar refractivity (Wildman–Crippen MR) is 79.1 cm³/mol. The monoisotopic (exact) mass is 346 g/mol. The maximum atomic E-state index is 6.06. The summed E-state index contributed by atoms with van der Waals surface area (Å²) >= 11 is -1.73. The van der Waals surface area contributed by atoms with Gasteiger partial charge in [0.25, 0.3) is 0 Å². The first kappa shape index (κ1) is 15.6. The number of hydrogen-bond acceptors (Lipinski definition) is 1. The van der Waals surface area contributed by atoms with Crippen molar-refractivity contribution in [1.29, 1.82) is 0 Å². The zero-order valence-corrected chi connectivity index (χ0v) is 15.2. The third-order valence-corrected chi connectivity index (χ3v) is 6.92. The number of ether oxygens (including phenoxy) is 1. The van der Waals surface area contributed by atoms with Crippen molar-refractivity contribution in [3.63, 3.8) is 0 Å². The molecule has 1 aliphatic rings. The maximum absolute atomic E-state index is 6.06. The molecule has 0 bridgehead atoms. The van der Waals surface area contributed by atoms with E-state index in [0.29, 0.717) is 18.1 Å². The van der Waals surface area contributed by atoms with Crippen LogP contribution in [0, 0.1) is 5.92 Å². The fraction of sp³-hybridized carbons (Fsp3) is 0.867. The van der Waals surface area contributed by atoms with Crippen molar-refractivity contribution < 1.29 is 4.74 Å². The van der Waals surface area contributed by atoms with E-state index in [4.69, 9.17) is 4.74 Å². The van der Waals surface area contributed by atoms with Gasteiger partial charge >= 0.3 is 112 Å². The average Bonchev–Trinajstić information content (AvgIpc) is 2.56. The molecule has 1 heterocycles. The average molecular weight is 345 g/mol. The summed E-state index contributed by atoms with van der Waals surface area (Å²) in [6, 6.07) is 0. The topological polar surface area (TPSA) is 9.23 Å². The zero-order chi connectivity index (χ0) is 12.9. The van der Waals surface area contributed by atoms with Gasteiger partial charge in [-0.1, -0.05) is 0 Å². The summed E-state index contributed by atoms with van der Waals surface area (Å²) in [5.41, 5.74) is 0. The molecule has 1 rings (SSSR count). The van der Waals surface area contributed by atoms with Crippen LogP contribution in [0.2, 0.25) is 14.8 Å². The summed E-state index contributed by atoms with van der Waals surface area (Å²) in [4.78, 5) is 7.39. The molecule has 1 fully saturated rings. The first-order chi connectivity index (χ1) is 7.92. The van der Waals surface area contributed by atoms with E-state index in [9.17, 15) is 0 Å². The SMILES string of the molecule is CCCCC[C@H]1C[C@H](/C=[CH]/[Sn]([CH3])([CH3])[CH3])[C@@H](C)O1. The van der Waals surface area contributed by atoms with Crippen molar-refractivity contribution in [2.75, 3.05) is 0 Å². The van der Waals surface area contributed by atoms with Crippen LogP contribution in [-0.2, 0) is 4.74 Å². The molecule has 0 radical (unpaired) electrons. The minimum absolute atomic E-state index is 0.437. The Labute approximate surface area is 112 Å². The molecule has 2 heteroatoms. The van der Waals surface area contributed by atoms with E-state index in [1.165, 1.54) is 32.1 Å². The van der Waals surface area contributed by atoms with Gasteiger partial charge in [0, 0.05) is 0 Å². The van der Waals surface area contributed by atoms with E-state index in [1.54, 1.807) is 0 Å². The van der Waals surface area contributed by atoms with Crippen LogP contribution in [0.4, 0.5) is 0 Å². The molecule has 0 amide bonds. The van der Waals surface area contributed by atoms with Crippen LogP contribution in [0.5, 0.6) is 0 Å².